The number of benzene rings is 1. The van der Waals surface area contributed by atoms with E-state index >= 15 is 0 Å². The van der Waals surface area contributed by atoms with E-state index < -0.39 is 5.60 Å². The van der Waals surface area contributed by atoms with Crippen LogP contribution in [0.3, 0.4) is 0 Å². The number of likely N-dealkylation sites (tertiary alicyclic amines) is 1. The van der Waals surface area contributed by atoms with E-state index in [1.807, 2.05) is 19.2 Å². The van der Waals surface area contributed by atoms with Gasteiger partial charge >= 0.3 is 0 Å². The molecule has 4 rings (SSSR count). The van der Waals surface area contributed by atoms with Gasteiger partial charge in [-0.05, 0) is 85.8 Å². The van der Waals surface area contributed by atoms with Crippen molar-refractivity contribution in [2.45, 2.75) is 51.6 Å². The van der Waals surface area contributed by atoms with E-state index in [9.17, 15) is 5.11 Å². The molecule has 3 nitrogen and oxygen atoms in total. The summed E-state index contributed by atoms with van der Waals surface area (Å²) in [6.45, 7) is 7.09. The maximum atomic E-state index is 10.1. The Morgan fingerprint density at radius 2 is 1.91 bits per heavy atom. The highest BCUT2D eigenvalue weighted by atomic mass is 16.3. The maximum Gasteiger partial charge on any atom is 0.113 e. The zero-order valence-electron chi connectivity index (χ0n) is 19.3. The van der Waals surface area contributed by atoms with Crippen LogP contribution in [0.5, 0.6) is 0 Å². The van der Waals surface area contributed by atoms with Gasteiger partial charge in [0.2, 0.25) is 0 Å². The monoisotopic (exact) mass is 426 g/mol. The van der Waals surface area contributed by atoms with E-state index in [1.165, 1.54) is 29.5 Å². The second-order valence-electron chi connectivity index (χ2n) is 9.61. The molecule has 1 N–H and O–H groups in total. The van der Waals surface area contributed by atoms with E-state index in [2.05, 4.69) is 77.2 Å². The topological polar surface area (TPSA) is 36.4 Å². The van der Waals surface area contributed by atoms with E-state index in [0.29, 0.717) is 0 Å². The fraction of sp³-hybridized carbons (Fsp3) is 0.414. The van der Waals surface area contributed by atoms with Crippen molar-refractivity contribution in [2.75, 3.05) is 19.6 Å². The Hall–Kier alpha value is -2.67. The minimum atomic E-state index is -0.486. The van der Waals surface area contributed by atoms with Crippen molar-refractivity contribution < 1.29 is 5.11 Å². The Labute approximate surface area is 192 Å². The molecule has 0 bridgehead atoms. The molecule has 2 heterocycles. The van der Waals surface area contributed by atoms with Crippen LogP contribution < -0.4 is 0 Å². The Morgan fingerprint density at radius 1 is 1.12 bits per heavy atom. The van der Waals surface area contributed by atoms with Gasteiger partial charge in [-0.2, -0.15) is 0 Å². The number of piperidine rings is 1. The molecule has 1 atom stereocenters. The molecule has 1 aromatic carbocycles. The van der Waals surface area contributed by atoms with Crippen LogP contribution in [0, 0.1) is 17.8 Å². The molecule has 2 aliphatic rings. The number of rotatable bonds is 4. The first-order chi connectivity index (χ1) is 15.5. The Kier molecular flexibility index (Phi) is 7.25. The van der Waals surface area contributed by atoms with Crippen LogP contribution in [0.25, 0.3) is 11.6 Å². The summed E-state index contributed by atoms with van der Waals surface area (Å²) in [6.07, 6.45) is 14.0. The predicted octanol–water partition coefficient (Wildman–Crippen LogP) is 5.54. The smallest absolute Gasteiger partial charge is 0.113 e. The van der Waals surface area contributed by atoms with Gasteiger partial charge < -0.3 is 5.11 Å². The standard InChI is InChI=1S/C29H34N2O/c1-23-5-12-26(13-6-23)27-14-16-28(30-22-27)15-11-25-9-7-24(8-10-25)4-3-19-31-20-17-29(2,32)18-21-31/h3-4,7-10,12,14,16,22-23,32H,5-6,13,17-21H2,1-2H3. The lowest BCUT2D eigenvalue weighted by molar-refractivity contribution is -0.00241. The molecule has 1 fully saturated rings. The number of aromatic nitrogens is 1. The highest BCUT2D eigenvalue weighted by Crippen LogP contribution is 2.29. The van der Waals surface area contributed by atoms with Gasteiger partial charge in [-0.3, -0.25) is 4.90 Å². The van der Waals surface area contributed by atoms with Crippen LogP contribution in [0.4, 0.5) is 0 Å². The van der Waals surface area contributed by atoms with Gasteiger partial charge in [-0.1, -0.05) is 49.3 Å². The van der Waals surface area contributed by atoms with Gasteiger partial charge in [0.15, 0.2) is 0 Å². The lowest BCUT2D eigenvalue weighted by atomic mass is 9.88. The molecular formula is C29H34N2O. The summed E-state index contributed by atoms with van der Waals surface area (Å²) < 4.78 is 0. The Bertz CT molecular complexity index is 1010. The highest BCUT2D eigenvalue weighted by molar-refractivity contribution is 5.66. The molecule has 2 aromatic rings. The minimum absolute atomic E-state index is 0.486. The zero-order chi connectivity index (χ0) is 22.4. The third-order valence-electron chi connectivity index (χ3n) is 6.66. The molecule has 32 heavy (non-hydrogen) atoms. The number of allylic oxidation sites excluding steroid dienone is 2. The zero-order valence-corrected chi connectivity index (χ0v) is 19.3. The van der Waals surface area contributed by atoms with E-state index in [4.69, 9.17) is 0 Å². The van der Waals surface area contributed by atoms with Crippen molar-refractivity contribution in [3.63, 3.8) is 0 Å². The molecule has 3 heteroatoms. The van der Waals surface area contributed by atoms with Gasteiger partial charge in [-0.25, -0.2) is 4.98 Å². The lowest BCUT2D eigenvalue weighted by Gasteiger charge is -2.35. The van der Waals surface area contributed by atoms with Gasteiger partial charge in [0.1, 0.15) is 5.69 Å². The van der Waals surface area contributed by atoms with Crippen molar-refractivity contribution >= 4 is 11.6 Å². The summed E-state index contributed by atoms with van der Waals surface area (Å²) in [5, 5.41) is 10.1. The Balaban J connectivity index is 1.29. The molecule has 1 aliphatic carbocycles. The molecular weight excluding hydrogens is 392 g/mol. The molecule has 0 spiro atoms. The first-order valence-electron chi connectivity index (χ1n) is 11.9. The number of hydrogen-bond acceptors (Lipinski definition) is 3. The molecule has 0 amide bonds. The first kappa shape index (κ1) is 22.5. The van der Waals surface area contributed by atoms with E-state index in [0.717, 1.165) is 56.1 Å². The van der Waals surface area contributed by atoms with Gasteiger partial charge in [0, 0.05) is 31.4 Å². The quantitative estimate of drug-likeness (QED) is 0.652. The minimum Gasteiger partial charge on any atom is -0.390 e. The third kappa shape index (κ3) is 6.42. The van der Waals surface area contributed by atoms with E-state index in [1.54, 1.807) is 0 Å². The SMILES string of the molecule is CC1CC=C(c2ccc(C#Cc3ccc(C=CCN4CCC(C)(O)CC4)cc3)nc2)CC1. The highest BCUT2D eigenvalue weighted by Gasteiger charge is 2.26. The van der Waals surface area contributed by atoms with Crippen molar-refractivity contribution in [1.29, 1.82) is 0 Å². The summed E-state index contributed by atoms with van der Waals surface area (Å²) in [5.41, 5.74) is 5.15. The maximum absolute atomic E-state index is 10.1. The third-order valence-corrected chi connectivity index (χ3v) is 6.66. The molecule has 1 saturated heterocycles. The summed E-state index contributed by atoms with van der Waals surface area (Å²) in [4.78, 5) is 6.94. The normalized spacial score (nSPS) is 21.1. The molecule has 0 saturated carbocycles. The van der Waals surface area contributed by atoms with Crippen LogP contribution in [-0.4, -0.2) is 40.2 Å². The van der Waals surface area contributed by atoms with Crippen molar-refractivity contribution in [3.05, 3.63) is 77.1 Å². The van der Waals surface area contributed by atoms with Crippen molar-refractivity contribution in [1.82, 2.24) is 9.88 Å². The summed E-state index contributed by atoms with van der Waals surface area (Å²) in [7, 11) is 0. The second kappa shape index (κ2) is 10.3. The predicted molar refractivity (Wildman–Crippen MR) is 133 cm³/mol. The largest absolute Gasteiger partial charge is 0.390 e. The summed E-state index contributed by atoms with van der Waals surface area (Å²) in [6, 6.07) is 12.5. The average Bonchev–Trinajstić information content (AvgIpc) is 2.81. The Morgan fingerprint density at radius 3 is 2.56 bits per heavy atom. The van der Waals surface area contributed by atoms with Crippen molar-refractivity contribution in [3.8, 4) is 11.8 Å². The van der Waals surface area contributed by atoms with E-state index in [-0.39, 0.29) is 0 Å². The number of hydrogen-bond donors (Lipinski definition) is 1. The number of pyridine rings is 1. The molecule has 0 radical (unpaired) electrons. The first-order valence-corrected chi connectivity index (χ1v) is 11.9. The molecule has 1 aromatic heterocycles. The van der Waals surface area contributed by atoms with Crippen LogP contribution >= 0.6 is 0 Å². The van der Waals surface area contributed by atoms with Crippen LogP contribution in [0.2, 0.25) is 0 Å². The second-order valence-corrected chi connectivity index (χ2v) is 9.61. The van der Waals surface area contributed by atoms with Crippen molar-refractivity contribution in [2.24, 2.45) is 5.92 Å². The molecule has 1 aliphatic heterocycles. The van der Waals surface area contributed by atoms with Gasteiger partial charge in [0.25, 0.3) is 0 Å². The number of nitrogens with zero attached hydrogens (tertiary/aromatic N) is 2. The molecule has 166 valence electrons. The average molecular weight is 427 g/mol. The number of aliphatic hydroxyl groups is 1. The van der Waals surface area contributed by atoms with Crippen LogP contribution in [0.1, 0.15) is 68.3 Å². The summed E-state index contributed by atoms with van der Waals surface area (Å²) in [5.74, 6) is 7.21. The van der Waals surface area contributed by atoms with Crippen LogP contribution in [-0.2, 0) is 0 Å². The molecule has 1 unspecified atom stereocenters. The fourth-order valence-corrected chi connectivity index (χ4v) is 4.25. The van der Waals surface area contributed by atoms with Gasteiger partial charge in [0.05, 0.1) is 5.60 Å². The fourth-order valence-electron chi connectivity index (χ4n) is 4.25. The summed E-state index contributed by atoms with van der Waals surface area (Å²) >= 11 is 0. The lowest BCUT2D eigenvalue weighted by Crippen LogP contribution is -2.42. The van der Waals surface area contributed by atoms with Crippen LogP contribution in [0.15, 0.2) is 54.7 Å². The van der Waals surface area contributed by atoms with Gasteiger partial charge in [-0.15, -0.1) is 0 Å².